The molecule has 2 aliphatic heterocycles. The third kappa shape index (κ3) is 4.36. The van der Waals surface area contributed by atoms with Gasteiger partial charge in [-0.2, -0.15) is 5.21 Å². The maximum atomic E-state index is 13.1. The highest BCUT2D eigenvalue weighted by atomic mass is 32.2. The van der Waals surface area contributed by atoms with Gasteiger partial charge in [0, 0.05) is 5.75 Å². The summed E-state index contributed by atoms with van der Waals surface area (Å²) in [7, 11) is 0. The SMILES string of the molecule is O=C(O)C1=C(C(Sc2nn[nH]n2)c2ccccc2)CS[C@H]2[C@H](NC(=O)C(=NO)c3cccs3)C(=O)N12. The Balaban J connectivity index is 1.44. The van der Waals surface area contributed by atoms with Gasteiger partial charge in [0.05, 0.1) is 10.1 Å². The summed E-state index contributed by atoms with van der Waals surface area (Å²) in [5.74, 6) is -2.24. The maximum absolute atomic E-state index is 13.1. The summed E-state index contributed by atoms with van der Waals surface area (Å²) in [6, 6.07) is 11.6. The number of aromatic amines is 1. The molecule has 3 atom stereocenters. The second kappa shape index (κ2) is 10.1. The number of H-pyrrole nitrogens is 1. The normalized spacial score (nSPS) is 20.5. The van der Waals surface area contributed by atoms with Crippen molar-refractivity contribution in [2.45, 2.75) is 21.8 Å². The first-order chi connectivity index (χ1) is 17.5. The Morgan fingerprint density at radius 1 is 1.25 bits per heavy atom. The van der Waals surface area contributed by atoms with Crippen molar-refractivity contribution < 1.29 is 24.7 Å². The molecule has 2 amide bonds. The van der Waals surface area contributed by atoms with Crippen molar-refractivity contribution in [3.63, 3.8) is 0 Å². The molecule has 0 aliphatic carbocycles. The number of hydrogen-bond acceptors (Lipinski definition) is 11. The van der Waals surface area contributed by atoms with Crippen molar-refractivity contribution in [1.29, 1.82) is 0 Å². The zero-order valence-corrected chi connectivity index (χ0v) is 20.6. The fraction of sp³-hybridized carbons (Fsp3) is 0.190. The van der Waals surface area contributed by atoms with E-state index in [4.69, 9.17) is 0 Å². The van der Waals surface area contributed by atoms with Crippen molar-refractivity contribution in [1.82, 2.24) is 30.8 Å². The summed E-state index contributed by atoms with van der Waals surface area (Å²) >= 11 is 3.77. The lowest BCUT2D eigenvalue weighted by atomic mass is 9.98. The van der Waals surface area contributed by atoms with Gasteiger partial charge in [0.1, 0.15) is 17.1 Å². The first-order valence-corrected chi connectivity index (χ1v) is 13.2. The standard InChI is InChI=1S/C21H17N7O5S3/c29-17(13(25-33)12-7-4-8-34-12)22-14-18(30)28-15(20(31)32)11(9-35-19(14)28)16(10-5-2-1-3-6-10)36-21-23-26-27-24-21/h1-8,14,16,19,33H,9H2,(H,22,29)(H,31,32)(H,23,24,26,27)/t14-,16?,19+/m1/s1. The Bertz CT molecular complexity index is 1350. The number of β-lactam (4-membered cyclic amide) rings is 1. The van der Waals surface area contributed by atoms with E-state index in [9.17, 15) is 24.7 Å². The zero-order chi connectivity index (χ0) is 25.2. The third-order valence-electron chi connectivity index (χ3n) is 5.52. The van der Waals surface area contributed by atoms with E-state index < -0.39 is 34.4 Å². The number of carbonyl (C=O) groups is 3. The number of nitrogens with zero attached hydrogens (tertiary/aromatic N) is 5. The minimum absolute atomic E-state index is 0.131. The number of hydrogen-bond donors (Lipinski definition) is 4. The van der Waals surface area contributed by atoms with E-state index >= 15 is 0 Å². The fourth-order valence-corrected chi connectivity index (χ4v) is 7.17. The van der Waals surface area contributed by atoms with E-state index in [2.05, 4.69) is 31.1 Å². The van der Waals surface area contributed by atoms with Crippen molar-refractivity contribution >= 4 is 58.4 Å². The molecule has 1 aromatic carbocycles. The van der Waals surface area contributed by atoms with Crippen LogP contribution >= 0.6 is 34.9 Å². The van der Waals surface area contributed by atoms with E-state index in [1.165, 1.54) is 39.8 Å². The van der Waals surface area contributed by atoms with Gasteiger partial charge in [-0.3, -0.25) is 14.5 Å². The molecule has 4 heterocycles. The Labute approximate surface area is 215 Å². The summed E-state index contributed by atoms with van der Waals surface area (Å²) in [5, 5.41) is 40.0. The molecule has 0 radical (unpaired) electrons. The van der Waals surface area contributed by atoms with Crippen LogP contribution in [0.5, 0.6) is 0 Å². The molecule has 1 saturated heterocycles. The Hall–Kier alpha value is -3.69. The molecule has 0 spiro atoms. The van der Waals surface area contributed by atoms with Gasteiger partial charge >= 0.3 is 5.97 Å². The molecular weight excluding hydrogens is 526 g/mol. The lowest BCUT2D eigenvalue weighted by Crippen LogP contribution is -2.71. The largest absolute Gasteiger partial charge is 0.477 e. The molecule has 36 heavy (non-hydrogen) atoms. The van der Waals surface area contributed by atoms with E-state index in [-0.39, 0.29) is 11.4 Å². The van der Waals surface area contributed by atoms with Gasteiger partial charge in [-0.25, -0.2) is 4.79 Å². The molecule has 3 aromatic rings. The maximum Gasteiger partial charge on any atom is 0.352 e. The van der Waals surface area contributed by atoms with Crippen LogP contribution in [-0.4, -0.2) is 76.5 Å². The number of nitrogens with one attached hydrogen (secondary N) is 2. The number of aromatic nitrogens is 4. The molecule has 4 N–H and O–H groups in total. The first-order valence-electron chi connectivity index (χ1n) is 10.4. The highest BCUT2D eigenvalue weighted by Gasteiger charge is 2.55. The number of amides is 2. The van der Waals surface area contributed by atoms with Gasteiger partial charge < -0.3 is 15.6 Å². The van der Waals surface area contributed by atoms with Crippen LogP contribution in [0.15, 0.2) is 69.4 Å². The van der Waals surface area contributed by atoms with Crippen molar-refractivity contribution in [2.75, 3.05) is 5.75 Å². The Morgan fingerprint density at radius 3 is 2.69 bits per heavy atom. The van der Waals surface area contributed by atoms with E-state index in [1.54, 1.807) is 17.5 Å². The smallest absolute Gasteiger partial charge is 0.352 e. The predicted octanol–water partition coefficient (Wildman–Crippen LogP) is 1.71. The topological polar surface area (TPSA) is 174 Å². The molecule has 15 heteroatoms. The molecule has 2 aliphatic rings. The Kier molecular flexibility index (Phi) is 6.75. The molecule has 0 bridgehead atoms. The van der Waals surface area contributed by atoms with Crippen LogP contribution in [0.4, 0.5) is 0 Å². The van der Waals surface area contributed by atoms with E-state index in [0.717, 1.165) is 5.56 Å². The number of carbonyl (C=O) groups excluding carboxylic acids is 2. The predicted molar refractivity (Wildman–Crippen MR) is 132 cm³/mol. The molecular formula is C21H17N7O5S3. The van der Waals surface area contributed by atoms with Gasteiger partial charge in [0.25, 0.3) is 11.8 Å². The number of tetrazole rings is 1. The average Bonchev–Trinajstić information content (AvgIpc) is 3.61. The Morgan fingerprint density at radius 2 is 2.06 bits per heavy atom. The lowest BCUT2D eigenvalue weighted by molar-refractivity contribution is -0.150. The molecule has 0 saturated carbocycles. The van der Waals surface area contributed by atoms with Gasteiger partial charge in [0.2, 0.25) is 5.16 Å². The number of fused-ring (bicyclic) bond motifs is 1. The van der Waals surface area contributed by atoms with Crippen LogP contribution in [0.3, 0.4) is 0 Å². The highest BCUT2D eigenvalue weighted by molar-refractivity contribution is 8.01. The van der Waals surface area contributed by atoms with Gasteiger partial charge in [-0.15, -0.1) is 33.3 Å². The van der Waals surface area contributed by atoms with Crippen LogP contribution < -0.4 is 5.32 Å². The van der Waals surface area contributed by atoms with Crippen LogP contribution in [0.2, 0.25) is 0 Å². The van der Waals surface area contributed by atoms with Crippen LogP contribution in [0.25, 0.3) is 0 Å². The summed E-state index contributed by atoms with van der Waals surface area (Å²) in [6.07, 6.45) is 0. The van der Waals surface area contributed by atoms with E-state index in [1.807, 2.05) is 30.3 Å². The number of oxime groups is 1. The average molecular weight is 544 g/mol. The summed E-state index contributed by atoms with van der Waals surface area (Å²) in [6.45, 7) is 0. The number of thioether (sulfide) groups is 2. The van der Waals surface area contributed by atoms with Crippen molar-refractivity contribution in [3.05, 3.63) is 69.6 Å². The van der Waals surface area contributed by atoms with Gasteiger partial charge in [-0.05, 0) is 27.8 Å². The quantitative estimate of drug-likeness (QED) is 0.108. The zero-order valence-electron chi connectivity index (χ0n) is 18.1. The summed E-state index contributed by atoms with van der Waals surface area (Å²) in [5.41, 5.74) is 0.984. The highest BCUT2D eigenvalue weighted by Crippen LogP contribution is 2.48. The van der Waals surface area contributed by atoms with Crippen LogP contribution in [0.1, 0.15) is 15.7 Å². The summed E-state index contributed by atoms with van der Waals surface area (Å²) in [4.78, 5) is 39.9. The third-order valence-corrected chi connectivity index (χ3v) is 8.88. The number of carboxylic acids is 1. The monoisotopic (exact) mass is 543 g/mol. The van der Waals surface area contributed by atoms with Gasteiger partial charge in [-0.1, -0.05) is 53.3 Å². The number of aliphatic carboxylic acids is 1. The fourth-order valence-electron chi connectivity index (χ4n) is 3.95. The molecule has 5 rings (SSSR count). The summed E-state index contributed by atoms with van der Waals surface area (Å²) < 4.78 is 0. The second-order valence-electron chi connectivity index (χ2n) is 7.57. The molecule has 1 unspecified atom stereocenters. The molecule has 184 valence electrons. The lowest BCUT2D eigenvalue weighted by Gasteiger charge is -2.50. The minimum atomic E-state index is -1.25. The molecule has 2 aromatic heterocycles. The van der Waals surface area contributed by atoms with Crippen LogP contribution in [-0.2, 0) is 14.4 Å². The number of thiophene rings is 1. The first kappa shape index (κ1) is 24.0. The number of carboxylic acid groups (broad SMARTS) is 1. The second-order valence-corrected chi connectivity index (χ2v) is 10.7. The molecule has 1 fully saturated rings. The number of rotatable bonds is 8. The molecule has 12 nitrogen and oxygen atoms in total. The number of benzene rings is 1. The van der Waals surface area contributed by atoms with Crippen LogP contribution in [0, 0.1) is 0 Å². The van der Waals surface area contributed by atoms with Crippen molar-refractivity contribution in [2.24, 2.45) is 5.16 Å². The van der Waals surface area contributed by atoms with Gasteiger partial charge in [0.15, 0.2) is 5.71 Å². The minimum Gasteiger partial charge on any atom is -0.477 e. The van der Waals surface area contributed by atoms with Crippen molar-refractivity contribution in [3.8, 4) is 0 Å². The van der Waals surface area contributed by atoms with E-state index in [0.29, 0.717) is 21.4 Å².